The summed E-state index contributed by atoms with van der Waals surface area (Å²) in [4.78, 5) is 19.8. The minimum atomic E-state index is -0.362. The molecule has 0 saturated heterocycles. The van der Waals surface area contributed by atoms with E-state index in [0.717, 1.165) is 0 Å². The molecule has 0 unspecified atom stereocenters. The van der Waals surface area contributed by atoms with Gasteiger partial charge in [-0.2, -0.15) is 4.98 Å². The summed E-state index contributed by atoms with van der Waals surface area (Å²) in [7, 11) is 0. The van der Waals surface area contributed by atoms with E-state index in [9.17, 15) is 4.79 Å². The van der Waals surface area contributed by atoms with Gasteiger partial charge in [0.05, 0.1) is 0 Å². The average Bonchev–Trinajstić information content (AvgIpc) is 2.60. The summed E-state index contributed by atoms with van der Waals surface area (Å²) in [6, 6.07) is 15.8. The van der Waals surface area contributed by atoms with Crippen LogP contribution in [0.3, 0.4) is 0 Å². The first-order chi connectivity index (χ1) is 12.5. The van der Waals surface area contributed by atoms with E-state index >= 15 is 0 Å². The summed E-state index contributed by atoms with van der Waals surface area (Å²) in [6.45, 7) is 0. The summed E-state index contributed by atoms with van der Waals surface area (Å²) < 4.78 is 0. The first-order valence-electron chi connectivity index (χ1n) is 7.40. The molecule has 0 bridgehead atoms. The molecule has 0 atom stereocenters. The number of amides is 2. The Morgan fingerprint density at radius 2 is 1.46 bits per heavy atom. The monoisotopic (exact) mass is 407 g/mol. The third kappa shape index (κ3) is 4.76. The molecule has 0 fully saturated rings. The van der Waals surface area contributed by atoms with Crippen molar-refractivity contribution in [2.75, 3.05) is 16.0 Å². The first kappa shape index (κ1) is 18.3. The molecule has 0 radical (unpaired) electrons. The number of para-hydroxylation sites is 1. The van der Waals surface area contributed by atoms with Crippen LogP contribution in [0.5, 0.6) is 0 Å². The molecular weight excluding hydrogens is 397 g/mol. The predicted octanol–water partition coefficient (Wildman–Crippen LogP) is 5.82. The lowest BCUT2D eigenvalue weighted by Gasteiger charge is -2.11. The highest BCUT2D eigenvalue weighted by Gasteiger charge is 2.11. The number of hydrogen-bond donors (Lipinski definition) is 3. The first-order valence-corrected chi connectivity index (χ1v) is 8.53. The van der Waals surface area contributed by atoms with Crippen molar-refractivity contribution in [1.82, 2.24) is 9.97 Å². The van der Waals surface area contributed by atoms with Crippen LogP contribution in [-0.2, 0) is 0 Å². The van der Waals surface area contributed by atoms with E-state index in [1.165, 1.54) is 0 Å². The van der Waals surface area contributed by atoms with Gasteiger partial charge in [0.1, 0.15) is 5.02 Å². The second kappa shape index (κ2) is 8.23. The zero-order chi connectivity index (χ0) is 18.5. The third-order valence-corrected chi connectivity index (χ3v) is 4.10. The molecule has 1 heterocycles. The van der Waals surface area contributed by atoms with Gasteiger partial charge in [-0.1, -0.05) is 47.5 Å². The lowest BCUT2D eigenvalue weighted by atomic mass is 10.2. The Kier molecular flexibility index (Phi) is 5.78. The normalized spacial score (nSPS) is 10.3. The highest BCUT2D eigenvalue weighted by atomic mass is 35.5. The molecule has 1 aromatic heterocycles. The average molecular weight is 409 g/mol. The zero-order valence-corrected chi connectivity index (χ0v) is 15.4. The smallest absolute Gasteiger partial charge is 0.323 e. The Bertz CT molecular complexity index is 937. The summed E-state index contributed by atoms with van der Waals surface area (Å²) in [5.41, 5.74) is 1.90. The van der Waals surface area contributed by atoms with Gasteiger partial charge in [0, 0.05) is 17.1 Å². The van der Waals surface area contributed by atoms with Gasteiger partial charge in [-0.15, -0.1) is 0 Å². The number of benzene rings is 2. The van der Waals surface area contributed by atoms with Crippen molar-refractivity contribution in [3.8, 4) is 0 Å². The number of nitrogens with one attached hydrogen (secondary N) is 3. The van der Waals surface area contributed by atoms with Gasteiger partial charge < -0.3 is 16.0 Å². The van der Waals surface area contributed by atoms with E-state index in [4.69, 9.17) is 34.8 Å². The van der Waals surface area contributed by atoms with Crippen molar-refractivity contribution in [2.45, 2.75) is 0 Å². The fourth-order valence-corrected chi connectivity index (χ4v) is 2.62. The molecule has 0 saturated carbocycles. The summed E-state index contributed by atoms with van der Waals surface area (Å²) >= 11 is 17.8. The van der Waals surface area contributed by atoms with Crippen LogP contribution >= 0.6 is 34.8 Å². The molecule has 9 heteroatoms. The van der Waals surface area contributed by atoms with Crippen LogP contribution in [0.25, 0.3) is 0 Å². The SMILES string of the molecule is O=C(Nc1ccccc1)Nc1cccc(Nc2nc(Cl)nc(Cl)c2Cl)c1. The lowest BCUT2D eigenvalue weighted by Crippen LogP contribution is -2.19. The molecule has 26 heavy (non-hydrogen) atoms. The number of anilines is 4. The number of rotatable bonds is 4. The minimum absolute atomic E-state index is 0.0292. The van der Waals surface area contributed by atoms with E-state index in [2.05, 4.69) is 25.9 Å². The Labute approximate surface area is 164 Å². The molecule has 0 aliphatic heterocycles. The fourth-order valence-electron chi connectivity index (χ4n) is 2.10. The molecule has 3 aromatic rings. The third-order valence-electron chi connectivity index (χ3n) is 3.20. The van der Waals surface area contributed by atoms with Crippen molar-refractivity contribution in [3.05, 3.63) is 70.1 Å². The maximum absolute atomic E-state index is 12.1. The van der Waals surface area contributed by atoms with Crippen LogP contribution in [0.2, 0.25) is 15.5 Å². The molecule has 0 spiro atoms. The summed E-state index contributed by atoms with van der Waals surface area (Å²) in [5, 5.41) is 8.64. The lowest BCUT2D eigenvalue weighted by molar-refractivity contribution is 0.262. The molecule has 0 aliphatic rings. The number of halogens is 3. The largest absolute Gasteiger partial charge is 0.339 e. The number of carbonyl (C=O) groups excluding carboxylic acids is 1. The second-order valence-electron chi connectivity index (χ2n) is 5.10. The van der Waals surface area contributed by atoms with E-state index in [0.29, 0.717) is 17.1 Å². The fraction of sp³-hybridized carbons (Fsp3) is 0. The van der Waals surface area contributed by atoms with Crippen LogP contribution in [0.1, 0.15) is 0 Å². The van der Waals surface area contributed by atoms with E-state index in [-0.39, 0.29) is 27.3 Å². The number of urea groups is 1. The molecular formula is C17H12Cl3N5O. The predicted molar refractivity (Wildman–Crippen MR) is 106 cm³/mol. The van der Waals surface area contributed by atoms with Gasteiger partial charge in [-0.3, -0.25) is 0 Å². The number of carbonyl (C=O) groups is 1. The number of hydrogen-bond acceptors (Lipinski definition) is 4. The number of nitrogens with zero attached hydrogens (tertiary/aromatic N) is 2. The Morgan fingerprint density at radius 1 is 0.808 bits per heavy atom. The second-order valence-corrected chi connectivity index (χ2v) is 6.17. The van der Waals surface area contributed by atoms with Crippen LogP contribution < -0.4 is 16.0 Å². The van der Waals surface area contributed by atoms with Crippen molar-refractivity contribution < 1.29 is 4.79 Å². The van der Waals surface area contributed by atoms with Gasteiger partial charge in [0.15, 0.2) is 11.0 Å². The van der Waals surface area contributed by atoms with Gasteiger partial charge in [-0.25, -0.2) is 9.78 Å². The Balaban J connectivity index is 1.71. The highest BCUT2D eigenvalue weighted by molar-refractivity contribution is 6.43. The maximum atomic E-state index is 12.1. The topological polar surface area (TPSA) is 78.9 Å². The molecule has 3 rings (SSSR count). The van der Waals surface area contributed by atoms with Crippen molar-refractivity contribution in [3.63, 3.8) is 0 Å². The summed E-state index contributed by atoms with van der Waals surface area (Å²) in [5.74, 6) is 0.266. The van der Waals surface area contributed by atoms with Crippen LogP contribution in [-0.4, -0.2) is 16.0 Å². The van der Waals surface area contributed by atoms with E-state index < -0.39 is 0 Å². The van der Waals surface area contributed by atoms with Crippen molar-refractivity contribution >= 4 is 63.7 Å². The van der Waals surface area contributed by atoms with Crippen LogP contribution in [0, 0.1) is 0 Å². The molecule has 2 aromatic carbocycles. The van der Waals surface area contributed by atoms with Gasteiger partial charge in [-0.05, 0) is 41.9 Å². The maximum Gasteiger partial charge on any atom is 0.323 e. The van der Waals surface area contributed by atoms with Crippen LogP contribution in [0.15, 0.2) is 54.6 Å². The van der Waals surface area contributed by atoms with Gasteiger partial charge >= 0.3 is 6.03 Å². The molecule has 2 amide bonds. The van der Waals surface area contributed by atoms with E-state index in [1.807, 2.05) is 18.2 Å². The molecule has 0 aliphatic carbocycles. The Hall–Kier alpha value is -2.54. The number of aromatic nitrogens is 2. The van der Waals surface area contributed by atoms with Gasteiger partial charge in [0.25, 0.3) is 0 Å². The highest BCUT2D eigenvalue weighted by Crippen LogP contribution is 2.30. The summed E-state index contributed by atoms with van der Waals surface area (Å²) in [6.07, 6.45) is 0. The molecule has 132 valence electrons. The zero-order valence-electron chi connectivity index (χ0n) is 13.1. The van der Waals surface area contributed by atoms with Crippen LogP contribution in [0.4, 0.5) is 27.7 Å². The Morgan fingerprint density at radius 3 is 2.23 bits per heavy atom. The van der Waals surface area contributed by atoms with Crippen molar-refractivity contribution in [2.24, 2.45) is 0 Å². The molecule has 6 nitrogen and oxygen atoms in total. The minimum Gasteiger partial charge on any atom is -0.339 e. The van der Waals surface area contributed by atoms with Gasteiger partial charge in [0.2, 0.25) is 5.28 Å². The standard InChI is InChI=1S/C17H12Cl3N5O/c18-13-14(19)24-16(20)25-15(13)21-11-7-4-8-12(9-11)23-17(26)22-10-5-2-1-3-6-10/h1-9H,(H,21,24,25)(H2,22,23,26). The van der Waals surface area contributed by atoms with E-state index in [1.54, 1.807) is 36.4 Å². The van der Waals surface area contributed by atoms with Crippen molar-refractivity contribution in [1.29, 1.82) is 0 Å². The molecule has 3 N–H and O–H groups in total. The quantitative estimate of drug-likeness (QED) is 0.375.